The number of thioether (sulfide) groups is 1. The largest absolute Gasteiger partial charge is 0.493 e. The van der Waals surface area contributed by atoms with Crippen LogP contribution in [0.5, 0.6) is 11.6 Å². The predicted octanol–water partition coefficient (Wildman–Crippen LogP) is 3.68. The van der Waals surface area contributed by atoms with Gasteiger partial charge in [-0.15, -0.1) is 0 Å². The molecule has 0 bridgehead atoms. The van der Waals surface area contributed by atoms with Gasteiger partial charge in [-0.25, -0.2) is 4.68 Å². The molecule has 8 heteroatoms. The zero-order chi connectivity index (χ0) is 19.6. The lowest BCUT2D eigenvalue weighted by Gasteiger charge is -2.24. The minimum atomic E-state index is -0.255. The second kappa shape index (κ2) is 8.04. The van der Waals surface area contributed by atoms with Crippen molar-refractivity contribution in [3.05, 3.63) is 34.5 Å². The maximum atomic E-state index is 12.7. The van der Waals surface area contributed by atoms with E-state index in [0.717, 1.165) is 44.8 Å². The number of aryl methyl sites for hydroxylation is 2. The lowest BCUT2D eigenvalue weighted by atomic mass is 9.96. The molecule has 0 spiro atoms. The summed E-state index contributed by atoms with van der Waals surface area (Å²) in [6.07, 6.45) is 2.05. The summed E-state index contributed by atoms with van der Waals surface area (Å²) in [5.74, 6) is 0.680. The Balaban J connectivity index is 1.98. The summed E-state index contributed by atoms with van der Waals surface area (Å²) in [5.41, 5.74) is 3.77. The first kappa shape index (κ1) is 19.3. The molecule has 1 N–H and O–H groups in total. The number of benzene rings is 1. The number of carbonyl (C=O) groups excluding carboxylic acids is 1. The first-order valence-corrected chi connectivity index (χ1v) is 9.72. The smallest absolute Gasteiger partial charge is 0.231 e. The summed E-state index contributed by atoms with van der Waals surface area (Å²) in [6.45, 7) is 9.17. The van der Waals surface area contributed by atoms with Crippen LogP contribution < -0.4 is 4.74 Å². The highest BCUT2D eigenvalue weighted by molar-refractivity contribution is 8.14. The molecule has 7 nitrogen and oxygen atoms in total. The van der Waals surface area contributed by atoms with E-state index in [1.54, 1.807) is 0 Å². The molecule has 1 aliphatic rings. The van der Waals surface area contributed by atoms with Crippen LogP contribution in [0.2, 0.25) is 0 Å². The van der Waals surface area contributed by atoms with Crippen LogP contribution in [-0.4, -0.2) is 38.9 Å². The van der Waals surface area contributed by atoms with E-state index in [9.17, 15) is 9.90 Å². The van der Waals surface area contributed by atoms with Crippen LogP contribution in [0.3, 0.4) is 0 Å². The molecule has 0 saturated heterocycles. The third kappa shape index (κ3) is 3.66. The van der Waals surface area contributed by atoms with Gasteiger partial charge in [0.2, 0.25) is 11.0 Å². The molecule has 0 atom stereocenters. The quantitative estimate of drug-likeness (QED) is 0.620. The van der Waals surface area contributed by atoms with Crippen molar-refractivity contribution in [2.24, 2.45) is 5.16 Å². The van der Waals surface area contributed by atoms with Gasteiger partial charge in [0, 0.05) is 23.4 Å². The number of ether oxygens (including phenoxy) is 1. The van der Waals surface area contributed by atoms with E-state index in [2.05, 4.69) is 10.3 Å². The first-order chi connectivity index (χ1) is 13.0. The molecule has 0 fully saturated rings. The number of hydrogen-bond acceptors (Lipinski definition) is 7. The van der Waals surface area contributed by atoms with Crippen molar-refractivity contribution >= 4 is 22.6 Å². The van der Waals surface area contributed by atoms with Crippen LogP contribution >= 0.6 is 11.8 Å². The molecule has 0 amide bonds. The van der Waals surface area contributed by atoms with Gasteiger partial charge in [0.1, 0.15) is 17.9 Å². The molecular weight excluding hydrogens is 366 g/mol. The minimum absolute atomic E-state index is 0.107. The van der Waals surface area contributed by atoms with E-state index < -0.39 is 0 Å². The van der Waals surface area contributed by atoms with E-state index in [0.29, 0.717) is 26.2 Å². The lowest BCUT2D eigenvalue weighted by molar-refractivity contribution is 0.108. The zero-order valence-corrected chi connectivity index (χ0v) is 16.7. The maximum absolute atomic E-state index is 12.7. The van der Waals surface area contributed by atoms with Crippen molar-refractivity contribution in [1.82, 2.24) is 9.78 Å². The Morgan fingerprint density at radius 3 is 2.89 bits per heavy atom. The van der Waals surface area contributed by atoms with Gasteiger partial charge in [0.25, 0.3) is 0 Å². The predicted molar refractivity (Wildman–Crippen MR) is 104 cm³/mol. The van der Waals surface area contributed by atoms with Gasteiger partial charge in [0.05, 0.1) is 18.5 Å². The molecular formula is C19H23N3O4S. The van der Waals surface area contributed by atoms with Crippen LogP contribution in [0.15, 0.2) is 22.3 Å². The second-order valence-electron chi connectivity index (χ2n) is 6.16. The van der Waals surface area contributed by atoms with Gasteiger partial charge in [-0.2, -0.15) is 5.10 Å². The van der Waals surface area contributed by atoms with Crippen LogP contribution in [0.4, 0.5) is 0 Å². The van der Waals surface area contributed by atoms with Crippen molar-refractivity contribution in [1.29, 1.82) is 0 Å². The number of aromatic hydroxyl groups is 1. The highest BCUT2D eigenvalue weighted by atomic mass is 32.2. The van der Waals surface area contributed by atoms with Gasteiger partial charge >= 0.3 is 0 Å². The summed E-state index contributed by atoms with van der Waals surface area (Å²) < 4.78 is 7.23. The Hall–Kier alpha value is -2.48. The fourth-order valence-corrected chi connectivity index (χ4v) is 3.96. The van der Waals surface area contributed by atoms with E-state index in [1.807, 2.05) is 33.8 Å². The molecule has 0 unspecified atom stereocenters. The number of nitrogens with zero attached hydrogens (tertiary/aromatic N) is 3. The standard InChI is InChI=1S/C19H23N3O4S/c1-5-22-18(23)13(10-20-22)19(24)27-15-9-11(3)17-16(12(15)4)14(7-8-25-17)21-26-6-2/h9-10,23H,5-8H2,1-4H3. The van der Waals surface area contributed by atoms with Crippen molar-refractivity contribution in [3.63, 3.8) is 0 Å². The maximum Gasteiger partial charge on any atom is 0.231 e. The molecule has 27 heavy (non-hydrogen) atoms. The number of aromatic nitrogens is 2. The van der Waals surface area contributed by atoms with Crippen LogP contribution in [-0.2, 0) is 11.4 Å². The van der Waals surface area contributed by atoms with Gasteiger partial charge in [-0.3, -0.25) is 4.79 Å². The van der Waals surface area contributed by atoms with E-state index in [4.69, 9.17) is 9.57 Å². The Morgan fingerprint density at radius 2 is 2.22 bits per heavy atom. The number of fused-ring (bicyclic) bond motifs is 1. The van der Waals surface area contributed by atoms with Gasteiger partial charge in [-0.05, 0) is 56.7 Å². The molecule has 1 aromatic heterocycles. The van der Waals surface area contributed by atoms with Crippen molar-refractivity contribution in [2.45, 2.75) is 45.6 Å². The minimum Gasteiger partial charge on any atom is -0.493 e. The highest BCUT2D eigenvalue weighted by Crippen LogP contribution is 2.39. The SMILES string of the molecule is CCON=C1CCOc2c(C)cc(SC(=O)c3cnn(CC)c3O)c(C)c21. The molecule has 0 radical (unpaired) electrons. The van der Waals surface area contributed by atoms with E-state index in [1.165, 1.54) is 10.9 Å². The number of carbonyl (C=O) groups is 1. The number of hydrogen-bond donors (Lipinski definition) is 1. The van der Waals surface area contributed by atoms with Crippen molar-refractivity contribution in [3.8, 4) is 11.6 Å². The molecule has 144 valence electrons. The fraction of sp³-hybridized carbons (Fsp3) is 0.421. The Morgan fingerprint density at radius 1 is 1.44 bits per heavy atom. The Bertz CT molecular complexity index is 905. The van der Waals surface area contributed by atoms with E-state index in [-0.39, 0.29) is 16.6 Å². The van der Waals surface area contributed by atoms with Crippen LogP contribution in [0, 0.1) is 13.8 Å². The second-order valence-corrected chi connectivity index (χ2v) is 7.18. The summed E-state index contributed by atoms with van der Waals surface area (Å²) in [6, 6.07) is 1.93. The molecule has 1 aromatic carbocycles. The van der Waals surface area contributed by atoms with Gasteiger partial charge < -0.3 is 14.7 Å². The normalized spacial score (nSPS) is 14.7. The first-order valence-electron chi connectivity index (χ1n) is 8.91. The molecule has 1 aliphatic heterocycles. The summed E-state index contributed by atoms with van der Waals surface area (Å²) in [4.78, 5) is 18.8. The fourth-order valence-electron chi connectivity index (χ4n) is 3.02. The van der Waals surface area contributed by atoms with E-state index >= 15 is 0 Å². The third-order valence-corrected chi connectivity index (χ3v) is 5.44. The molecule has 2 heterocycles. The van der Waals surface area contributed by atoms with Crippen molar-refractivity contribution < 1.29 is 19.5 Å². The molecule has 3 rings (SSSR count). The lowest BCUT2D eigenvalue weighted by Crippen LogP contribution is -2.19. The molecule has 0 saturated carbocycles. The third-order valence-electron chi connectivity index (χ3n) is 4.39. The molecule has 0 aliphatic carbocycles. The summed E-state index contributed by atoms with van der Waals surface area (Å²) >= 11 is 1.07. The van der Waals surface area contributed by atoms with Crippen molar-refractivity contribution in [2.75, 3.05) is 13.2 Å². The topological polar surface area (TPSA) is 85.9 Å². The monoisotopic (exact) mass is 389 g/mol. The van der Waals surface area contributed by atoms with Gasteiger partial charge in [0.15, 0.2) is 0 Å². The summed E-state index contributed by atoms with van der Waals surface area (Å²) in [5, 5.41) is 18.2. The average molecular weight is 389 g/mol. The van der Waals surface area contributed by atoms with Crippen LogP contribution in [0.1, 0.15) is 47.3 Å². The number of oxime groups is 1. The van der Waals surface area contributed by atoms with Crippen LogP contribution in [0.25, 0.3) is 0 Å². The van der Waals surface area contributed by atoms with Gasteiger partial charge in [-0.1, -0.05) is 5.16 Å². The summed E-state index contributed by atoms with van der Waals surface area (Å²) in [7, 11) is 0. The Kier molecular flexibility index (Phi) is 5.74. The average Bonchev–Trinajstić information content (AvgIpc) is 3.04. The molecule has 2 aromatic rings. The highest BCUT2D eigenvalue weighted by Gasteiger charge is 2.26. The zero-order valence-electron chi connectivity index (χ0n) is 15.9. The number of rotatable bonds is 5. The Labute approximate surface area is 162 Å².